The van der Waals surface area contributed by atoms with Crippen LogP contribution in [0.25, 0.3) is 10.9 Å². The second kappa shape index (κ2) is 7.90. The molecule has 2 N–H and O–H groups in total. The van der Waals surface area contributed by atoms with Gasteiger partial charge in [-0.1, -0.05) is 23.3 Å². The molecule has 0 saturated carbocycles. The molecule has 2 aromatic heterocycles. The number of halogens is 3. The zero-order valence-electron chi connectivity index (χ0n) is 15.7. The molecule has 10 heteroatoms. The lowest BCUT2D eigenvalue weighted by molar-refractivity contribution is -0.156. The van der Waals surface area contributed by atoms with E-state index in [0.29, 0.717) is 23.6 Å². The second-order valence-electron chi connectivity index (χ2n) is 6.30. The van der Waals surface area contributed by atoms with Gasteiger partial charge in [0.15, 0.2) is 0 Å². The summed E-state index contributed by atoms with van der Waals surface area (Å²) in [6.07, 6.45) is -4.69. The van der Waals surface area contributed by atoms with Gasteiger partial charge in [-0.05, 0) is 36.4 Å². The van der Waals surface area contributed by atoms with Crippen LogP contribution in [0.5, 0.6) is 5.75 Å². The molecular formula is C20H16F3N5O2. The molecule has 4 rings (SSSR count). The minimum atomic E-state index is -4.69. The summed E-state index contributed by atoms with van der Waals surface area (Å²) >= 11 is 0. The van der Waals surface area contributed by atoms with Crippen molar-refractivity contribution in [3.8, 4) is 5.75 Å². The Hall–Kier alpha value is -3.82. The molecule has 154 valence electrons. The van der Waals surface area contributed by atoms with Gasteiger partial charge in [0.25, 0.3) is 0 Å². The summed E-state index contributed by atoms with van der Waals surface area (Å²) in [7, 11) is 1.62. The van der Waals surface area contributed by atoms with E-state index in [0.717, 1.165) is 16.7 Å². The number of fused-ring (bicyclic) bond motifs is 1. The van der Waals surface area contributed by atoms with Gasteiger partial charge in [-0.25, -0.2) is 4.98 Å². The number of methoxy groups -OCH3 is 1. The molecule has 0 fully saturated rings. The molecule has 4 aromatic rings. The van der Waals surface area contributed by atoms with Crippen molar-refractivity contribution in [1.29, 1.82) is 0 Å². The number of nitrogens with one attached hydrogen (secondary N) is 2. The fraction of sp³-hybridized carbons (Fsp3) is 0.150. The fourth-order valence-electron chi connectivity index (χ4n) is 2.85. The fourth-order valence-corrected chi connectivity index (χ4v) is 2.85. The SMILES string of the molecule is COc1ccccc1CNc1ccc2cc(Nc3nnc(C(F)(F)F)o3)ccc2n1. The summed E-state index contributed by atoms with van der Waals surface area (Å²) in [6.45, 7) is 0.543. The first-order chi connectivity index (χ1) is 14.4. The number of ether oxygens (including phenoxy) is 1. The number of aromatic nitrogens is 3. The Bertz CT molecular complexity index is 1180. The molecule has 0 amide bonds. The zero-order chi connectivity index (χ0) is 21.1. The number of pyridine rings is 1. The van der Waals surface area contributed by atoms with E-state index in [-0.39, 0.29) is 6.01 Å². The number of para-hydroxylation sites is 1. The van der Waals surface area contributed by atoms with Crippen LogP contribution in [0.2, 0.25) is 0 Å². The van der Waals surface area contributed by atoms with Crippen LogP contribution in [0.15, 0.2) is 59.0 Å². The minimum absolute atomic E-state index is 0.343. The largest absolute Gasteiger partial charge is 0.496 e. The monoisotopic (exact) mass is 415 g/mol. The lowest BCUT2D eigenvalue weighted by Crippen LogP contribution is -2.04. The van der Waals surface area contributed by atoms with Crippen LogP contribution in [0.4, 0.5) is 30.7 Å². The molecule has 0 atom stereocenters. The number of anilines is 3. The number of hydrogen-bond donors (Lipinski definition) is 2. The van der Waals surface area contributed by atoms with Crippen molar-refractivity contribution >= 4 is 28.4 Å². The lowest BCUT2D eigenvalue weighted by atomic mass is 10.2. The molecular weight excluding hydrogens is 399 g/mol. The average Bonchev–Trinajstić information content (AvgIpc) is 3.21. The van der Waals surface area contributed by atoms with E-state index in [9.17, 15) is 13.2 Å². The predicted molar refractivity (Wildman–Crippen MR) is 105 cm³/mol. The Balaban J connectivity index is 1.48. The van der Waals surface area contributed by atoms with Gasteiger partial charge in [-0.15, -0.1) is 5.10 Å². The lowest BCUT2D eigenvalue weighted by Gasteiger charge is -2.10. The normalized spacial score (nSPS) is 11.5. The molecule has 30 heavy (non-hydrogen) atoms. The van der Waals surface area contributed by atoms with E-state index in [1.54, 1.807) is 25.3 Å². The van der Waals surface area contributed by atoms with E-state index >= 15 is 0 Å². The smallest absolute Gasteiger partial charge is 0.470 e. The third-order valence-corrected chi connectivity index (χ3v) is 4.26. The maximum absolute atomic E-state index is 12.6. The van der Waals surface area contributed by atoms with Gasteiger partial charge in [0.05, 0.1) is 12.6 Å². The molecule has 0 bridgehead atoms. The van der Waals surface area contributed by atoms with E-state index in [2.05, 4.69) is 30.2 Å². The van der Waals surface area contributed by atoms with Crippen molar-refractivity contribution in [2.24, 2.45) is 0 Å². The standard InChI is InChI=1S/C20H16F3N5O2/c1-29-16-5-3-2-4-13(16)11-24-17-9-6-12-10-14(7-8-15(12)26-17)25-19-28-27-18(30-19)20(21,22)23/h2-10H,11H2,1H3,(H,24,26)(H,25,28). The molecule has 0 aliphatic heterocycles. The second-order valence-corrected chi connectivity index (χ2v) is 6.30. The Morgan fingerprint density at radius 3 is 2.63 bits per heavy atom. The molecule has 0 unspecified atom stereocenters. The molecule has 0 saturated heterocycles. The van der Waals surface area contributed by atoms with Gasteiger partial charge in [0.2, 0.25) is 0 Å². The molecule has 0 radical (unpaired) electrons. The van der Waals surface area contributed by atoms with Crippen molar-refractivity contribution in [2.45, 2.75) is 12.7 Å². The number of rotatable bonds is 6. The summed E-state index contributed by atoms with van der Waals surface area (Å²) in [6, 6.07) is 16.2. The maximum Gasteiger partial charge on any atom is 0.470 e. The van der Waals surface area contributed by atoms with Gasteiger partial charge in [0.1, 0.15) is 11.6 Å². The highest BCUT2D eigenvalue weighted by Gasteiger charge is 2.38. The van der Waals surface area contributed by atoms with Crippen LogP contribution in [0, 0.1) is 0 Å². The van der Waals surface area contributed by atoms with Gasteiger partial charge >= 0.3 is 18.1 Å². The van der Waals surface area contributed by atoms with Crippen LogP contribution in [0.3, 0.4) is 0 Å². The number of nitrogens with zero attached hydrogens (tertiary/aromatic N) is 3. The van der Waals surface area contributed by atoms with E-state index in [1.807, 2.05) is 36.4 Å². The van der Waals surface area contributed by atoms with Crippen LogP contribution in [-0.2, 0) is 12.7 Å². The summed E-state index contributed by atoms with van der Waals surface area (Å²) in [5.74, 6) is 0.0651. The highest BCUT2D eigenvalue weighted by atomic mass is 19.4. The van der Waals surface area contributed by atoms with Crippen molar-refractivity contribution in [3.05, 3.63) is 66.1 Å². The van der Waals surface area contributed by atoms with E-state index < -0.39 is 12.1 Å². The molecule has 0 aliphatic carbocycles. The number of alkyl halides is 3. The maximum atomic E-state index is 12.6. The van der Waals surface area contributed by atoms with Crippen LogP contribution < -0.4 is 15.4 Å². The highest BCUT2D eigenvalue weighted by Crippen LogP contribution is 2.30. The van der Waals surface area contributed by atoms with E-state index in [4.69, 9.17) is 4.74 Å². The first kappa shape index (κ1) is 19.5. The Morgan fingerprint density at radius 2 is 1.87 bits per heavy atom. The Kier molecular flexibility index (Phi) is 5.13. The van der Waals surface area contributed by atoms with Crippen molar-refractivity contribution in [3.63, 3.8) is 0 Å². The summed E-state index contributed by atoms with van der Waals surface area (Å²) in [4.78, 5) is 4.55. The van der Waals surface area contributed by atoms with E-state index in [1.165, 1.54) is 0 Å². The minimum Gasteiger partial charge on any atom is -0.496 e. The number of benzene rings is 2. The van der Waals surface area contributed by atoms with Crippen molar-refractivity contribution in [1.82, 2.24) is 15.2 Å². The van der Waals surface area contributed by atoms with Crippen LogP contribution >= 0.6 is 0 Å². The first-order valence-electron chi connectivity index (χ1n) is 8.87. The molecule has 7 nitrogen and oxygen atoms in total. The van der Waals surface area contributed by atoms with Crippen molar-refractivity contribution in [2.75, 3.05) is 17.7 Å². The molecule has 2 heterocycles. The Labute approximate surface area is 168 Å². The third kappa shape index (κ3) is 4.27. The summed E-state index contributed by atoms with van der Waals surface area (Å²) < 4.78 is 47.6. The van der Waals surface area contributed by atoms with Gasteiger partial charge in [-0.2, -0.15) is 13.2 Å². The highest BCUT2D eigenvalue weighted by molar-refractivity contribution is 5.84. The van der Waals surface area contributed by atoms with Crippen LogP contribution in [0.1, 0.15) is 11.5 Å². The first-order valence-corrected chi connectivity index (χ1v) is 8.87. The summed E-state index contributed by atoms with van der Waals surface area (Å²) in [5, 5.41) is 13.0. The van der Waals surface area contributed by atoms with Crippen LogP contribution in [-0.4, -0.2) is 22.3 Å². The van der Waals surface area contributed by atoms with Gasteiger partial charge in [0, 0.05) is 23.2 Å². The zero-order valence-corrected chi connectivity index (χ0v) is 15.7. The van der Waals surface area contributed by atoms with Crippen molar-refractivity contribution < 1.29 is 22.3 Å². The predicted octanol–water partition coefficient (Wildman–Crippen LogP) is 5.00. The molecule has 2 aromatic carbocycles. The topological polar surface area (TPSA) is 85.1 Å². The van der Waals surface area contributed by atoms with Gasteiger partial charge < -0.3 is 19.8 Å². The third-order valence-electron chi connectivity index (χ3n) is 4.26. The Morgan fingerprint density at radius 1 is 1.03 bits per heavy atom. The quantitative estimate of drug-likeness (QED) is 0.458. The summed E-state index contributed by atoms with van der Waals surface area (Å²) in [5.41, 5.74) is 2.21. The number of hydrogen-bond acceptors (Lipinski definition) is 7. The average molecular weight is 415 g/mol. The van der Waals surface area contributed by atoms with Gasteiger partial charge in [-0.3, -0.25) is 0 Å². The molecule has 0 spiro atoms. The molecule has 0 aliphatic rings.